The molecule has 1 aromatic carbocycles. The van der Waals surface area contributed by atoms with E-state index in [4.69, 9.17) is 5.73 Å². The van der Waals surface area contributed by atoms with Gasteiger partial charge in [-0.1, -0.05) is 37.1 Å². The highest BCUT2D eigenvalue weighted by Crippen LogP contribution is 2.52. The molecule has 3 rings (SSSR count). The van der Waals surface area contributed by atoms with Gasteiger partial charge in [-0.05, 0) is 29.9 Å². The zero-order valence-electron chi connectivity index (χ0n) is 8.45. The normalized spacial score (nSPS) is 35.1. The van der Waals surface area contributed by atoms with Gasteiger partial charge in [0.15, 0.2) is 0 Å². The summed E-state index contributed by atoms with van der Waals surface area (Å²) in [6.45, 7) is 0. The van der Waals surface area contributed by atoms with Gasteiger partial charge in [0.1, 0.15) is 0 Å². The Morgan fingerprint density at radius 3 is 2.57 bits per heavy atom. The van der Waals surface area contributed by atoms with Crippen molar-refractivity contribution < 1.29 is 0 Å². The zero-order valence-corrected chi connectivity index (χ0v) is 8.45. The maximum Gasteiger partial charge on any atom is 0.0114 e. The van der Waals surface area contributed by atoms with Crippen molar-refractivity contribution in [3.8, 4) is 0 Å². The van der Waals surface area contributed by atoms with Crippen LogP contribution >= 0.6 is 0 Å². The summed E-state index contributed by atoms with van der Waals surface area (Å²) in [5, 5.41) is 0. The van der Waals surface area contributed by atoms with Crippen LogP contribution in [0.3, 0.4) is 0 Å². The molecule has 1 heteroatoms. The summed E-state index contributed by atoms with van der Waals surface area (Å²) in [5.74, 6) is 1.46. The van der Waals surface area contributed by atoms with Gasteiger partial charge in [-0.25, -0.2) is 0 Å². The van der Waals surface area contributed by atoms with Crippen LogP contribution in [0.2, 0.25) is 0 Å². The summed E-state index contributed by atoms with van der Waals surface area (Å²) in [6, 6.07) is 9.27. The third-order valence-corrected chi connectivity index (χ3v) is 3.95. The molecule has 0 amide bonds. The molecule has 1 saturated carbocycles. The molecule has 2 aliphatic rings. The first-order valence-electron chi connectivity index (χ1n) is 5.72. The quantitative estimate of drug-likeness (QED) is 0.664. The van der Waals surface area contributed by atoms with Crippen LogP contribution in [-0.2, 0) is 0 Å². The fourth-order valence-corrected chi connectivity index (χ4v) is 3.25. The molecule has 0 spiro atoms. The molecule has 1 aromatic rings. The van der Waals surface area contributed by atoms with Crippen molar-refractivity contribution in [3.05, 3.63) is 35.4 Å². The van der Waals surface area contributed by atoms with Crippen LogP contribution in [0.4, 0.5) is 0 Å². The Morgan fingerprint density at radius 1 is 1.00 bits per heavy atom. The predicted octanol–water partition coefficient (Wildman–Crippen LogP) is 2.77. The summed E-state index contributed by atoms with van der Waals surface area (Å²) in [6.07, 6.45) is 5.26. The highest BCUT2D eigenvalue weighted by atomic mass is 14.7. The third-order valence-electron chi connectivity index (χ3n) is 3.95. The van der Waals surface area contributed by atoms with Crippen LogP contribution in [0, 0.1) is 0 Å². The smallest absolute Gasteiger partial charge is 0.0114 e. The Hall–Kier alpha value is -0.820. The van der Waals surface area contributed by atoms with Gasteiger partial charge < -0.3 is 5.73 Å². The minimum atomic E-state index is 0.414. The van der Waals surface area contributed by atoms with Crippen LogP contribution in [0.15, 0.2) is 24.3 Å². The first kappa shape index (κ1) is 8.49. The second-order valence-corrected chi connectivity index (χ2v) is 4.71. The number of fused-ring (bicyclic) bond motifs is 4. The van der Waals surface area contributed by atoms with E-state index < -0.39 is 0 Å². The molecule has 3 unspecified atom stereocenters. The molecular weight excluding hydrogens is 170 g/mol. The van der Waals surface area contributed by atoms with Gasteiger partial charge in [-0.15, -0.1) is 0 Å². The molecule has 1 nitrogen and oxygen atoms in total. The highest BCUT2D eigenvalue weighted by Gasteiger charge is 2.41. The average molecular weight is 187 g/mol. The predicted molar refractivity (Wildman–Crippen MR) is 58.4 cm³/mol. The first-order valence-corrected chi connectivity index (χ1v) is 5.72. The van der Waals surface area contributed by atoms with Gasteiger partial charge in [0.05, 0.1) is 0 Å². The molecule has 0 saturated heterocycles. The topological polar surface area (TPSA) is 26.0 Å². The van der Waals surface area contributed by atoms with Crippen LogP contribution in [-0.4, -0.2) is 6.04 Å². The molecule has 0 aromatic heterocycles. The summed E-state index contributed by atoms with van der Waals surface area (Å²) < 4.78 is 0. The number of benzene rings is 1. The van der Waals surface area contributed by atoms with Crippen molar-refractivity contribution in [1.29, 1.82) is 0 Å². The molecule has 14 heavy (non-hydrogen) atoms. The average Bonchev–Trinajstić information content (AvgIpc) is 2.33. The summed E-state index contributed by atoms with van der Waals surface area (Å²) >= 11 is 0. The van der Waals surface area contributed by atoms with Gasteiger partial charge >= 0.3 is 0 Å². The van der Waals surface area contributed by atoms with Crippen LogP contribution in [0.25, 0.3) is 0 Å². The summed E-state index contributed by atoms with van der Waals surface area (Å²) in [5.41, 5.74) is 9.35. The monoisotopic (exact) mass is 187 g/mol. The summed E-state index contributed by atoms with van der Waals surface area (Å²) in [4.78, 5) is 0. The van der Waals surface area contributed by atoms with Crippen LogP contribution in [0.1, 0.15) is 48.6 Å². The van der Waals surface area contributed by atoms with E-state index in [1.807, 2.05) is 0 Å². The first-order chi connectivity index (χ1) is 6.88. The Balaban J connectivity index is 2.00. The van der Waals surface area contributed by atoms with Gasteiger partial charge in [-0.2, -0.15) is 0 Å². The largest absolute Gasteiger partial charge is 0.327 e. The number of nitrogens with two attached hydrogens (primary N) is 1. The lowest BCUT2D eigenvalue weighted by atomic mass is 9.64. The van der Waals surface area contributed by atoms with Crippen molar-refractivity contribution in [2.24, 2.45) is 5.73 Å². The lowest BCUT2D eigenvalue weighted by molar-refractivity contribution is 0.400. The van der Waals surface area contributed by atoms with E-state index in [-0.39, 0.29) is 0 Å². The van der Waals surface area contributed by atoms with Crippen molar-refractivity contribution in [2.45, 2.75) is 43.6 Å². The van der Waals surface area contributed by atoms with E-state index >= 15 is 0 Å². The SMILES string of the molecule is NC1CCCCC2c3ccccc3C12. The van der Waals surface area contributed by atoms with E-state index in [0.717, 1.165) is 5.92 Å². The second kappa shape index (κ2) is 3.09. The van der Waals surface area contributed by atoms with Crippen molar-refractivity contribution in [2.75, 3.05) is 0 Å². The molecule has 0 heterocycles. The van der Waals surface area contributed by atoms with E-state index in [0.29, 0.717) is 12.0 Å². The van der Waals surface area contributed by atoms with Gasteiger partial charge in [0.2, 0.25) is 0 Å². The fraction of sp³-hybridized carbons (Fsp3) is 0.538. The van der Waals surface area contributed by atoms with E-state index in [1.54, 1.807) is 5.56 Å². The molecule has 2 N–H and O–H groups in total. The van der Waals surface area contributed by atoms with Crippen molar-refractivity contribution >= 4 is 0 Å². The maximum atomic E-state index is 6.23. The Labute approximate surface area is 85.3 Å². The van der Waals surface area contributed by atoms with E-state index in [1.165, 1.54) is 31.2 Å². The maximum absolute atomic E-state index is 6.23. The standard InChI is InChI=1S/C13H17N/c14-12-8-4-3-7-11-9-5-1-2-6-10(9)13(11)12/h1-2,5-6,11-13H,3-4,7-8,14H2. The van der Waals surface area contributed by atoms with Gasteiger partial charge in [0, 0.05) is 12.0 Å². The molecule has 2 aliphatic carbocycles. The number of hydrogen-bond acceptors (Lipinski definition) is 1. The Morgan fingerprint density at radius 2 is 1.71 bits per heavy atom. The van der Waals surface area contributed by atoms with Crippen molar-refractivity contribution in [1.82, 2.24) is 0 Å². The molecule has 0 aliphatic heterocycles. The molecule has 3 atom stereocenters. The Kier molecular flexibility index (Phi) is 1.88. The van der Waals surface area contributed by atoms with Crippen molar-refractivity contribution in [3.63, 3.8) is 0 Å². The van der Waals surface area contributed by atoms with Gasteiger partial charge in [-0.3, -0.25) is 0 Å². The highest BCUT2D eigenvalue weighted by molar-refractivity contribution is 5.46. The second-order valence-electron chi connectivity index (χ2n) is 4.71. The van der Waals surface area contributed by atoms with E-state index in [2.05, 4.69) is 24.3 Å². The number of rotatable bonds is 0. The minimum Gasteiger partial charge on any atom is -0.327 e. The lowest BCUT2D eigenvalue weighted by Gasteiger charge is -2.41. The molecule has 1 fully saturated rings. The van der Waals surface area contributed by atoms with Gasteiger partial charge in [0.25, 0.3) is 0 Å². The summed E-state index contributed by atoms with van der Waals surface area (Å²) in [7, 11) is 0. The molecular formula is C13H17N. The van der Waals surface area contributed by atoms with Crippen LogP contribution in [0.5, 0.6) is 0 Å². The third kappa shape index (κ3) is 1.05. The minimum absolute atomic E-state index is 0.414. The molecule has 0 radical (unpaired) electrons. The fourth-order valence-electron chi connectivity index (χ4n) is 3.25. The molecule has 74 valence electrons. The lowest BCUT2D eigenvalue weighted by Crippen LogP contribution is -2.37. The number of hydrogen-bond donors (Lipinski definition) is 1. The molecule has 0 bridgehead atoms. The zero-order chi connectivity index (χ0) is 9.54. The van der Waals surface area contributed by atoms with E-state index in [9.17, 15) is 0 Å². The van der Waals surface area contributed by atoms with Crippen LogP contribution < -0.4 is 5.73 Å². The Bertz CT molecular complexity index is 345.